The highest BCUT2D eigenvalue weighted by Gasteiger charge is 2.21. The van der Waals surface area contributed by atoms with Gasteiger partial charge in [-0.3, -0.25) is 0 Å². The summed E-state index contributed by atoms with van der Waals surface area (Å²) in [5, 5.41) is 3.35. The van der Waals surface area contributed by atoms with Crippen LogP contribution in [0.4, 0.5) is 0 Å². The maximum absolute atomic E-state index is 5.32. The molecule has 1 aliphatic heterocycles. The standard InChI is InChI=1S/C11H15NO2/c1-13-8-3-4-9(10-5-6-12-10)11(7-8)14-2/h3-4,7,10,12H,5-6H2,1-2H3. The van der Waals surface area contributed by atoms with Crippen molar-refractivity contribution in [2.24, 2.45) is 0 Å². The van der Waals surface area contributed by atoms with E-state index in [1.54, 1.807) is 14.2 Å². The predicted octanol–water partition coefficient (Wildman–Crippen LogP) is 1.74. The third-order valence-corrected chi connectivity index (χ3v) is 2.64. The first-order valence-electron chi connectivity index (χ1n) is 4.80. The molecule has 0 amide bonds. The van der Waals surface area contributed by atoms with E-state index in [-0.39, 0.29) is 0 Å². The van der Waals surface area contributed by atoms with Gasteiger partial charge in [0.2, 0.25) is 0 Å². The topological polar surface area (TPSA) is 30.5 Å². The molecule has 0 aliphatic carbocycles. The molecule has 1 fully saturated rings. The van der Waals surface area contributed by atoms with Crippen molar-refractivity contribution >= 4 is 0 Å². The molecule has 14 heavy (non-hydrogen) atoms. The molecule has 2 rings (SSSR count). The third kappa shape index (κ3) is 1.55. The molecule has 76 valence electrons. The molecule has 1 atom stereocenters. The van der Waals surface area contributed by atoms with E-state index in [9.17, 15) is 0 Å². The Hall–Kier alpha value is -1.22. The largest absolute Gasteiger partial charge is 0.497 e. The number of hydrogen-bond acceptors (Lipinski definition) is 3. The SMILES string of the molecule is COc1ccc(C2CCN2)c(OC)c1. The lowest BCUT2D eigenvalue weighted by Crippen LogP contribution is -2.35. The molecule has 1 N–H and O–H groups in total. The first kappa shape index (κ1) is 9.34. The first-order chi connectivity index (χ1) is 6.85. The molecule has 0 radical (unpaired) electrons. The Bertz CT molecular complexity index is 321. The van der Waals surface area contributed by atoms with Crippen molar-refractivity contribution in [1.82, 2.24) is 5.32 Å². The molecule has 0 saturated carbocycles. The highest BCUT2D eigenvalue weighted by Crippen LogP contribution is 2.33. The maximum atomic E-state index is 5.32. The van der Waals surface area contributed by atoms with Crippen molar-refractivity contribution in [3.05, 3.63) is 23.8 Å². The zero-order chi connectivity index (χ0) is 9.97. The summed E-state index contributed by atoms with van der Waals surface area (Å²) in [6.45, 7) is 1.10. The summed E-state index contributed by atoms with van der Waals surface area (Å²) in [6, 6.07) is 6.41. The summed E-state index contributed by atoms with van der Waals surface area (Å²) in [5.74, 6) is 1.74. The highest BCUT2D eigenvalue weighted by molar-refractivity contribution is 5.43. The van der Waals surface area contributed by atoms with Crippen LogP contribution in [0.25, 0.3) is 0 Å². The van der Waals surface area contributed by atoms with Crippen molar-refractivity contribution in [3.63, 3.8) is 0 Å². The van der Waals surface area contributed by atoms with Gasteiger partial charge in [0, 0.05) is 17.7 Å². The average Bonchev–Trinajstić information content (AvgIpc) is 2.16. The summed E-state index contributed by atoms with van der Waals surface area (Å²) in [5.41, 5.74) is 1.22. The van der Waals surface area contributed by atoms with Crippen molar-refractivity contribution < 1.29 is 9.47 Å². The van der Waals surface area contributed by atoms with Gasteiger partial charge in [-0.25, -0.2) is 0 Å². The fourth-order valence-electron chi connectivity index (χ4n) is 1.66. The normalized spacial score (nSPS) is 20.0. The van der Waals surface area contributed by atoms with Gasteiger partial charge in [-0.15, -0.1) is 0 Å². The number of benzene rings is 1. The predicted molar refractivity (Wildman–Crippen MR) is 54.9 cm³/mol. The van der Waals surface area contributed by atoms with Crippen LogP contribution in [0.1, 0.15) is 18.0 Å². The summed E-state index contributed by atoms with van der Waals surface area (Å²) >= 11 is 0. The van der Waals surface area contributed by atoms with E-state index in [1.807, 2.05) is 12.1 Å². The average molecular weight is 193 g/mol. The molecule has 0 aromatic heterocycles. The zero-order valence-electron chi connectivity index (χ0n) is 8.54. The Morgan fingerprint density at radius 2 is 2.07 bits per heavy atom. The third-order valence-electron chi connectivity index (χ3n) is 2.64. The van der Waals surface area contributed by atoms with E-state index < -0.39 is 0 Å². The molecule has 1 aromatic rings. The lowest BCUT2D eigenvalue weighted by atomic mass is 9.97. The Morgan fingerprint density at radius 1 is 1.29 bits per heavy atom. The van der Waals surface area contributed by atoms with Gasteiger partial charge in [0.25, 0.3) is 0 Å². The second-order valence-corrected chi connectivity index (χ2v) is 3.40. The van der Waals surface area contributed by atoms with Crippen LogP contribution in [-0.2, 0) is 0 Å². The van der Waals surface area contributed by atoms with E-state index in [1.165, 1.54) is 12.0 Å². The van der Waals surface area contributed by atoms with Crippen LogP contribution in [0.2, 0.25) is 0 Å². The van der Waals surface area contributed by atoms with Gasteiger partial charge in [0.1, 0.15) is 11.5 Å². The molecular formula is C11H15NO2. The van der Waals surface area contributed by atoms with Gasteiger partial charge in [-0.05, 0) is 19.0 Å². The summed E-state index contributed by atoms with van der Waals surface area (Å²) < 4.78 is 10.5. The Kier molecular flexibility index (Phi) is 2.59. The van der Waals surface area contributed by atoms with Crippen LogP contribution in [-0.4, -0.2) is 20.8 Å². The van der Waals surface area contributed by atoms with Gasteiger partial charge in [-0.1, -0.05) is 6.07 Å². The minimum atomic E-state index is 0.454. The van der Waals surface area contributed by atoms with Gasteiger partial charge in [0.05, 0.1) is 14.2 Å². The Morgan fingerprint density at radius 3 is 2.57 bits per heavy atom. The number of rotatable bonds is 3. The van der Waals surface area contributed by atoms with Gasteiger partial charge >= 0.3 is 0 Å². The van der Waals surface area contributed by atoms with Crippen molar-refractivity contribution in [2.75, 3.05) is 20.8 Å². The zero-order valence-corrected chi connectivity index (χ0v) is 8.54. The van der Waals surface area contributed by atoms with E-state index in [2.05, 4.69) is 11.4 Å². The lowest BCUT2D eigenvalue weighted by molar-refractivity contribution is 0.349. The molecule has 1 unspecified atom stereocenters. The van der Waals surface area contributed by atoms with E-state index >= 15 is 0 Å². The van der Waals surface area contributed by atoms with Gasteiger partial charge in [0.15, 0.2) is 0 Å². The highest BCUT2D eigenvalue weighted by atomic mass is 16.5. The maximum Gasteiger partial charge on any atom is 0.127 e. The molecule has 0 spiro atoms. The fourth-order valence-corrected chi connectivity index (χ4v) is 1.66. The Labute approximate surface area is 84.0 Å². The molecule has 1 aromatic carbocycles. The van der Waals surface area contributed by atoms with Crippen molar-refractivity contribution in [1.29, 1.82) is 0 Å². The second kappa shape index (κ2) is 3.88. The summed E-state index contributed by atoms with van der Waals surface area (Å²) in [4.78, 5) is 0. The van der Waals surface area contributed by atoms with E-state index in [4.69, 9.17) is 9.47 Å². The number of nitrogens with one attached hydrogen (secondary N) is 1. The van der Waals surface area contributed by atoms with Crippen molar-refractivity contribution in [2.45, 2.75) is 12.5 Å². The van der Waals surface area contributed by atoms with Crippen molar-refractivity contribution in [3.8, 4) is 11.5 Å². The molecule has 3 heteroatoms. The van der Waals surface area contributed by atoms with Crippen LogP contribution in [0.15, 0.2) is 18.2 Å². The van der Waals surface area contributed by atoms with E-state index in [0.717, 1.165) is 18.0 Å². The molecular weight excluding hydrogens is 178 g/mol. The fraction of sp³-hybridized carbons (Fsp3) is 0.455. The minimum Gasteiger partial charge on any atom is -0.497 e. The molecule has 1 saturated heterocycles. The smallest absolute Gasteiger partial charge is 0.127 e. The first-order valence-corrected chi connectivity index (χ1v) is 4.80. The van der Waals surface area contributed by atoms with Crippen LogP contribution in [0, 0.1) is 0 Å². The molecule has 0 bridgehead atoms. The minimum absolute atomic E-state index is 0.454. The van der Waals surface area contributed by atoms with Crippen LogP contribution < -0.4 is 14.8 Å². The Balaban J connectivity index is 2.29. The summed E-state index contributed by atoms with van der Waals surface area (Å²) in [7, 11) is 3.35. The molecule has 1 heterocycles. The van der Waals surface area contributed by atoms with Crippen LogP contribution >= 0.6 is 0 Å². The quantitative estimate of drug-likeness (QED) is 0.793. The summed E-state index contributed by atoms with van der Waals surface area (Å²) in [6.07, 6.45) is 1.18. The number of hydrogen-bond donors (Lipinski definition) is 1. The molecule has 3 nitrogen and oxygen atoms in total. The number of methoxy groups -OCH3 is 2. The van der Waals surface area contributed by atoms with E-state index in [0.29, 0.717) is 6.04 Å². The molecule has 1 aliphatic rings. The van der Waals surface area contributed by atoms with Crippen LogP contribution in [0.3, 0.4) is 0 Å². The van der Waals surface area contributed by atoms with Crippen LogP contribution in [0.5, 0.6) is 11.5 Å². The second-order valence-electron chi connectivity index (χ2n) is 3.40. The monoisotopic (exact) mass is 193 g/mol. The van der Waals surface area contributed by atoms with Gasteiger partial charge < -0.3 is 14.8 Å². The number of ether oxygens (including phenoxy) is 2. The van der Waals surface area contributed by atoms with Gasteiger partial charge in [-0.2, -0.15) is 0 Å². The lowest BCUT2D eigenvalue weighted by Gasteiger charge is -2.29.